The molecule has 2 aromatic carbocycles. The number of nitrogens with zero attached hydrogens (tertiary/aromatic N) is 1. The van der Waals surface area contributed by atoms with Crippen LogP contribution < -0.4 is 4.74 Å². The van der Waals surface area contributed by atoms with E-state index in [0.717, 1.165) is 11.3 Å². The molecule has 0 aliphatic carbocycles. The van der Waals surface area contributed by atoms with Crippen LogP contribution in [0, 0.1) is 12.7 Å². The molecule has 3 aromatic rings. The average Bonchev–Trinajstić information content (AvgIpc) is 3.08. The predicted octanol–water partition coefficient (Wildman–Crippen LogP) is 4.53. The lowest BCUT2D eigenvalue weighted by molar-refractivity contribution is 0.0466. The van der Waals surface area contributed by atoms with E-state index in [-0.39, 0.29) is 24.7 Å². The first-order valence-corrected chi connectivity index (χ1v) is 8.53. The van der Waals surface area contributed by atoms with Crippen molar-refractivity contribution in [2.75, 3.05) is 0 Å². The van der Waals surface area contributed by atoms with E-state index in [1.54, 1.807) is 17.5 Å². The van der Waals surface area contributed by atoms with Crippen LogP contribution in [0.5, 0.6) is 5.75 Å². The summed E-state index contributed by atoms with van der Waals surface area (Å²) in [7, 11) is 0. The third-order valence-corrected chi connectivity index (χ3v) is 4.23. The zero-order chi connectivity index (χ0) is 17.6. The Hall–Kier alpha value is -2.73. The summed E-state index contributed by atoms with van der Waals surface area (Å²) < 4.78 is 23.9. The zero-order valence-electron chi connectivity index (χ0n) is 13.6. The van der Waals surface area contributed by atoms with Gasteiger partial charge < -0.3 is 9.47 Å². The molecule has 0 N–H and O–H groups in total. The summed E-state index contributed by atoms with van der Waals surface area (Å²) in [6.45, 7) is 2.29. The molecule has 4 nitrogen and oxygen atoms in total. The molecule has 25 heavy (non-hydrogen) atoms. The van der Waals surface area contributed by atoms with Crippen LogP contribution in [0.1, 0.15) is 26.6 Å². The number of ether oxygens (including phenoxy) is 2. The number of halogens is 1. The van der Waals surface area contributed by atoms with Gasteiger partial charge in [-0.3, -0.25) is 0 Å². The molecule has 0 radical (unpaired) electrons. The molecule has 0 spiro atoms. The molecule has 0 atom stereocenters. The molecule has 6 heteroatoms. The molecule has 3 rings (SSSR count). The van der Waals surface area contributed by atoms with Crippen molar-refractivity contribution in [3.05, 3.63) is 81.6 Å². The van der Waals surface area contributed by atoms with Crippen LogP contribution >= 0.6 is 11.3 Å². The minimum atomic E-state index is -0.540. The third-order valence-electron chi connectivity index (χ3n) is 3.40. The molecule has 0 aliphatic rings. The Morgan fingerprint density at radius 2 is 1.96 bits per heavy atom. The van der Waals surface area contributed by atoms with Gasteiger partial charge in [-0.15, -0.1) is 11.3 Å². The standard InChI is InChI=1S/C19H16FNO3S/c1-13-5-7-16(8-6-13)23-11-18-21-17(12-25-18)19(22)24-10-14-3-2-4-15(20)9-14/h2-9,12H,10-11H2,1H3. The van der Waals surface area contributed by atoms with E-state index in [2.05, 4.69) is 4.98 Å². The fourth-order valence-corrected chi connectivity index (χ4v) is 2.77. The molecule has 0 amide bonds. The molecule has 1 heterocycles. The van der Waals surface area contributed by atoms with Crippen LogP contribution in [0.15, 0.2) is 53.9 Å². The highest BCUT2D eigenvalue weighted by molar-refractivity contribution is 7.09. The maximum Gasteiger partial charge on any atom is 0.358 e. The van der Waals surface area contributed by atoms with Gasteiger partial charge in [-0.25, -0.2) is 14.2 Å². The van der Waals surface area contributed by atoms with Gasteiger partial charge in [0.1, 0.15) is 29.8 Å². The van der Waals surface area contributed by atoms with Gasteiger partial charge in [-0.1, -0.05) is 29.8 Å². The Balaban J connectivity index is 1.53. The highest BCUT2D eigenvalue weighted by Gasteiger charge is 2.13. The van der Waals surface area contributed by atoms with Crippen molar-refractivity contribution in [2.24, 2.45) is 0 Å². The lowest BCUT2D eigenvalue weighted by atomic mass is 10.2. The van der Waals surface area contributed by atoms with E-state index in [0.29, 0.717) is 10.6 Å². The van der Waals surface area contributed by atoms with Gasteiger partial charge in [-0.05, 0) is 36.8 Å². The first-order valence-electron chi connectivity index (χ1n) is 7.65. The smallest absolute Gasteiger partial charge is 0.358 e. The van der Waals surface area contributed by atoms with Gasteiger partial charge in [-0.2, -0.15) is 0 Å². The molecule has 0 saturated carbocycles. The Morgan fingerprint density at radius 1 is 1.16 bits per heavy atom. The minimum absolute atomic E-state index is 0.00329. The maximum absolute atomic E-state index is 13.1. The molecule has 0 aliphatic heterocycles. The topological polar surface area (TPSA) is 48.4 Å². The van der Waals surface area contributed by atoms with Gasteiger partial charge in [0.15, 0.2) is 5.69 Å². The number of rotatable bonds is 6. The molecule has 0 bridgehead atoms. The number of hydrogen-bond donors (Lipinski definition) is 0. The van der Waals surface area contributed by atoms with Crippen LogP contribution in [0.4, 0.5) is 4.39 Å². The number of hydrogen-bond acceptors (Lipinski definition) is 5. The van der Waals surface area contributed by atoms with Crippen LogP contribution in [0.3, 0.4) is 0 Å². The van der Waals surface area contributed by atoms with Crippen molar-refractivity contribution in [1.82, 2.24) is 4.98 Å². The van der Waals surface area contributed by atoms with Gasteiger partial charge in [0.05, 0.1) is 0 Å². The molecule has 1 aromatic heterocycles. The van der Waals surface area contributed by atoms with E-state index < -0.39 is 5.97 Å². The molecule has 128 valence electrons. The second kappa shape index (κ2) is 7.90. The summed E-state index contributed by atoms with van der Waals surface area (Å²) in [6, 6.07) is 13.6. The van der Waals surface area contributed by atoms with Crippen molar-refractivity contribution < 1.29 is 18.7 Å². The second-order valence-corrected chi connectivity index (χ2v) is 6.38. The SMILES string of the molecule is Cc1ccc(OCc2nc(C(=O)OCc3cccc(F)c3)cs2)cc1. The number of carbonyl (C=O) groups is 1. The van der Waals surface area contributed by atoms with Crippen LogP contribution in [-0.4, -0.2) is 11.0 Å². The quantitative estimate of drug-likeness (QED) is 0.608. The van der Waals surface area contributed by atoms with Crippen molar-refractivity contribution in [1.29, 1.82) is 0 Å². The number of benzene rings is 2. The highest BCUT2D eigenvalue weighted by atomic mass is 32.1. The number of aryl methyl sites for hydroxylation is 1. The van der Waals surface area contributed by atoms with E-state index in [1.165, 1.54) is 23.5 Å². The summed E-state index contributed by atoms with van der Waals surface area (Å²) in [4.78, 5) is 16.2. The van der Waals surface area contributed by atoms with Gasteiger partial charge in [0.25, 0.3) is 0 Å². The van der Waals surface area contributed by atoms with Crippen molar-refractivity contribution in [3.8, 4) is 5.75 Å². The van der Waals surface area contributed by atoms with Gasteiger partial charge >= 0.3 is 5.97 Å². The summed E-state index contributed by atoms with van der Waals surface area (Å²) in [6.07, 6.45) is 0. The van der Waals surface area contributed by atoms with E-state index in [4.69, 9.17) is 9.47 Å². The fraction of sp³-hybridized carbons (Fsp3) is 0.158. The third kappa shape index (κ3) is 4.87. The second-order valence-electron chi connectivity index (χ2n) is 5.43. The van der Waals surface area contributed by atoms with Crippen molar-refractivity contribution >= 4 is 17.3 Å². The zero-order valence-corrected chi connectivity index (χ0v) is 14.4. The van der Waals surface area contributed by atoms with Gasteiger partial charge in [0.2, 0.25) is 0 Å². The number of carbonyl (C=O) groups excluding carboxylic acids is 1. The summed E-state index contributed by atoms with van der Waals surface area (Å²) in [5.74, 6) is -0.157. The predicted molar refractivity (Wildman–Crippen MR) is 93.1 cm³/mol. The van der Waals surface area contributed by atoms with Crippen LogP contribution in [0.2, 0.25) is 0 Å². The summed E-state index contributed by atoms with van der Waals surface area (Å²) >= 11 is 1.33. The Bertz CT molecular complexity index is 861. The first kappa shape index (κ1) is 17.1. The first-order chi connectivity index (χ1) is 12.1. The summed E-state index contributed by atoms with van der Waals surface area (Å²) in [5.41, 5.74) is 1.97. The van der Waals surface area contributed by atoms with Crippen molar-refractivity contribution in [2.45, 2.75) is 20.1 Å². The molecular formula is C19H16FNO3S. The lowest BCUT2D eigenvalue weighted by Crippen LogP contribution is -2.06. The Kier molecular flexibility index (Phi) is 5.40. The number of esters is 1. The fourth-order valence-electron chi connectivity index (χ4n) is 2.10. The maximum atomic E-state index is 13.1. The average molecular weight is 357 g/mol. The normalized spacial score (nSPS) is 10.5. The van der Waals surface area contributed by atoms with Crippen LogP contribution in [-0.2, 0) is 18.0 Å². The lowest BCUT2D eigenvalue weighted by Gasteiger charge is -2.04. The monoisotopic (exact) mass is 357 g/mol. The number of aromatic nitrogens is 1. The summed E-state index contributed by atoms with van der Waals surface area (Å²) in [5, 5.41) is 2.31. The molecule has 0 saturated heterocycles. The number of thiazole rings is 1. The van der Waals surface area contributed by atoms with E-state index >= 15 is 0 Å². The van der Waals surface area contributed by atoms with Crippen LogP contribution in [0.25, 0.3) is 0 Å². The van der Waals surface area contributed by atoms with Crippen molar-refractivity contribution in [3.63, 3.8) is 0 Å². The highest BCUT2D eigenvalue weighted by Crippen LogP contribution is 2.17. The van der Waals surface area contributed by atoms with E-state index in [1.807, 2.05) is 31.2 Å². The largest absolute Gasteiger partial charge is 0.486 e. The van der Waals surface area contributed by atoms with E-state index in [9.17, 15) is 9.18 Å². The Labute approximate surface area is 148 Å². The Morgan fingerprint density at radius 3 is 2.72 bits per heavy atom. The van der Waals surface area contributed by atoms with Gasteiger partial charge in [0, 0.05) is 5.38 Å². The molecule has 0 unspecified atom stereocenters. The minimum Gasteiger partial charge on any atom is -0.486 e. The molecule has 0 fully saturated rings. The molecular weight excluding hydrogens is 341 g/mol.